The fraction of sp³-hybridized carbons (Fsp3) is 0.250. The van der Waals surface area contributed by atoms with Crippen LogP contribution >= 0.6 is 0 Å². The maximum Gasteiger partial charge on any atom is 0.271 e. The number of nitrogens with zero attached hydrogens (tertiary/aromatic N) is 1. The quantitative estimate of drug-likeness (QED) is 0.656. The van der Waals surface area contributed by atoms with Crippen LogP contribution in [0, 0.1) is 10.1 Å². The number of nitrogens with one attached hydrogen (secondary N) is 1. The molecule has 102 valence electrons. The van der Waals surface area contributed by atoms with Crippen LogP contribution in [0.5, 0.6) is 0 Å². The molecule has 3 rings (SSSR count). The summed E-state index contributed by atoms with van der Waals surface area (Å²) in [6.07, 6.45) is 2.59. The molecule has 2 aromatic rings. The molecule has 1 saturated carbocycles. The summed E-state index contributed by atoms with van der Waals surface area (Å²) in [6, 6.07) is 15.2. The maximum absolute atomic E-state index is 10.7. The molecule has 1 aliphatic carbocycles. The molecule has 2 aromatic carbocycles. The van der Waals surface area contributed by atoms with E-state index in [4.69, 9.17) is 0 Å². The lowest BCUT2D eigenvalue weighted by Gasteiger charge is -2.08. The smallest absolute Gasteiger partial charge is 0.271 e. The van der Waals surface area contributed by atoms with Crippen LogP contribution in [0.25, 0.3) is 0 Å². The first kappa shape index (κ1) is 12.7. The van der Waals surface area contributed by atoms with Crippen molar-refractivity contribution in [1.82, 2.24) is 0 Å². The van der Waals surface area contributed by atoms with Gasteiger partial charge in [0, 0.05) is 24.4 Å². The van der Waals surface area contributed by atoms with Crippen LogP contribution in [-0.4, -0.2) is 4.92 Å². The average molecular weight is 268 g/mol. The molecule has 1 aliphatic rings. The lowest BCUT2D eigenvalue weighted by Crippen LogP contribution is -2.00. The molecular weight excluding hydrogens is 252 g/mol. The van der Waals surface area contributed by atoms with Gasteiger partial charge < -0.3 is 5.32 Å². The van der Waals surface area contributed by atoms with Gasteiger partial charge in [-0.3, -0.25) is 10.1 Å². The van der Waals surface area contributed by atoms with Gasteiger partial charge in [0.15, 0.2) is 0 Å². The Bertz CT molecular complexity index is 636. The molecule has 0 aromatic heterocycles. The highest BCUT2D eigenvalue weighted by Gasteiger charge is 2.23. The van der Waals surface area contributed by atoms with Gasteiger partial charge in [0.1, 0.15) is 0 Å². The fourth-order valence-corrected chi connectivity index (χ4v) is 2.31. The second-order valence-corrected chi connectivity index (χ2v) is 5.18. The third-order valence-electron chi connectivity index (χ3n) is 3.55. The highest BCUT2D eigenvalue weighted by Crippen LogP contribution is 2.40. The molecule has 1 N–H and O–H groups in total. The predicted octanol–water partition coefficient (Wildman–Crippen LogP) is 4.08. The lowest BCUT2D eigenvalue weighted by molar-refractivity contribution is -0.384. The summed E-state index contributed by atoms with van der Waals surface area (Å²) in [5.41, 5.74) is 3.50. The van der Waals surface area contributed by atoms with E-state index < -0.39 is 0 Å². The van der Waals surface area contributed by atoms with Gasteiger partial charge in [-0.05, 0) is 36.0 Å². The highest BCUT2D eigenvalue weighted by molar-refractivity contribution is 5.51. The molecule has 0 bridgehead atoms. The molecule has 0 atom stereocenters. The van der Waals surface area contributed by atoms with Crippen molar-refractivity contribution in [3.8, 4) is 0 Å². The largest absolute Gasteiger partial charge is 0.381 e. The van der Waals surface area contributed by atoms with Crippen LogP contribution in [0.2, 0.25) is 0 Å². The molecular formula is C16H16N2O2. The first-order valence-electron chi connectivity index (χ1n) is 6.79. The van der Waals surface area contributed by atoms with Gasteiger partial charge in [0.05, 0.1) is 4.92 Å². The topological polar surface area (TPSA) is 55.2 Å². The third-order valence-corrected chi connectivity index (χ3v) is 3.55. The summed E-state index contributed by atoms with van der Waals surface area (Å²) in [5, 5.41) is 14.0. The van der Waals surface area contributed by atoms with Crippen molar-refractivity contribution in [2.45, 2.75) is 25.3 Å². The Morgan fingerprint density at radius 3 is 2.70 bits per heavy atom. The molecule has 0 saturated heterocycles. The van der Waals surface area contributed by atoms with Gasteiger partial charge in [-0.1, -0.05) is 30.3 Å². The van der Waals surface area contributed by atoms with Crippen LogP contribution in [-0.2, 0) is 6.54 Å². The van der Waals surface area contributed by atoms with E-state index >= 15 is 0 Å². The zero-order valence-electron chi connectivity index (χ0n) is 11.1. The van der Waals surface area contributed by atoms with Gasteiger partial charge in [-0.15, -0.1) is 0 Å². The number of anilines is 1. The Hall–Kier alpha value is -2.36. The predicted molar refractivity (Wildman–Crippen MR) is 78.8 cm³/mol. The first-order valence-corrected chi connectivity index (χ1v) is 6.79. The van der Waals surface area contributed by atoms with E-state index in [1.54, 1.807) is 12.1 Å². The minimum atomic E-state index is -0.376. The molecule has 0 amide bonds. The Labute approximate surface area is 117 Å². The van der Waals surface area contributed by atoms with Crippen molar-refractivity contribution in [2.75, 3.05) is 5.32 Å². The molecule has 4 nitrogen and oxygen atoms in total. The minimum Gasteiger partial charge on any atom is -0.381 e. The van der Waals surface area contributed by atoms with Crippen LogP contribution < -0.4 is 5.32 Å². The van der Waals surface area contributed by atoms with Gasteiger partial charge in [0.25, 0.3) is 5.69 Å². The van der Waals surface area contributed by atoms with Crippen molar-refractivity contribution in [2.24, 2.45) is 0 Å². The number of benzene rings is 2. The number of nitro groups is 1. The monoisotopic (exact) mass is 268 g/mol. The Balaban J connectivity index is 1.68. The van der Waals surface area contributed by atoms with E-state index in [2.05, 4.69) is 29.6 Å². The number of hydrogen-bond acceptors (Lipinski definition) is 3. The van der Waals surface area contributed by atoms with E-state index in [-0.39, 0.29) is 10.6 Å². The second kappa shape index (κ2) is 5.33. The molecule has 0 heterocycles. The Morgan fingerprint density at radius 1 is 1.15 bits per heavy atom. The zero-order chi connectivity index (χ0) is 13.9. The normalized spacial score (nSPS) is 14.0. The molecule has 0 aliphatic heterocycles. The third kappa shape index (κ3) is 2.96. The van der Waals surface area contributed by atoms with Gasteiger partial charge in [-0.2, -0.15) is 0 Å². The van der Waals surface area contributed by atoms with Crippen molar-refractivity contribution in [1.29, 1.82) is 0 Å². The van der Waals surface area contributed by atoms with Crippen molar-refractivity contribution >= 4 is 11.4 Å². The number of non-ortho nitro benzene ring substituents is 1. The SMILES string of the molecule is O=[N+]([O-])c1cccc(NCc2cccc(C3CC3)c2)c1. The highest BCUT2D eigenvalue weighted by atomic mass is 16.6. The van der Waals surface area contributed by atoms with Gasteiger partial charge in [0.2, 0.25) is 0 Å². The Kier molecular flexibility index (Phi) is 3.37. The van der Waals surface area contributed by atoms with E-state index in [0.717, 1.165) is 11.6 Å². The zero-order valence-corrected chi connectivity index (χ0v) is 11.1. The fourth-order valence-electron chi connectivity index (χ4n) is 2.31. The summed E-state index contributed by atoms with van der Waals surface area (Å²) in [4.78, 5) is 10.4. The minimum absolute atomic E-state index is 0.113. The average Bonchev–Trinajstić information content (AvgIpc) is 3.30. The van der Waals surface area contributed by atoms with Crippen LogP contribution in [0.1, 0.15) is 29.9 Å². The van der Waals surface area contributed by atoms with E-state index in [1.165, 1.54) is 30.0 Å². The summed E-state index contributed by atoms with van der Waals surface area (Å²) in [7, 11) is 0. The standard InChI is InChI=1S/C16H16N2O2/c19-18(20)16-6-2-5-15(10-16)17-11-12-3-1-4-14(9-12)13-7-8-13/h1-6,9-10,13,17H,7-8,11H2. The van der Waals surface area contributed by atoms with Crippen LogP contribution in [0.3, 0.4) is 0 Å². The number of hydrogen-bond donors (Lipinski definition) is 1. The molecule has 20 heavy (non-hydrogen) atoms. The van der Waals surface area contributed by atoms with Crippen molar-refractivity contribution in [3.63, 3.8) is 0 Å². The number of nitro benzene ring substituents is 1. The molecule has 0 radical (unpaired) electrons. The molecule has 0 unspecified atom stereocenters. The van der Waals surface area contributed by atoms with E-state index in [1.807, 2.05) is 6.07 Å². The van der Waals surface area contributed by atoms with Crippen molar-refractivity contribution < 1.29 is 4.92 Å². The van der Waals surface area contributed by atoms with Crippen LogP contribution in [0.4, 0.5) is 11.4 Å². The Morgan fingerprint density at radius 2 is 1.95 bits per heavy atom. The van der Waals surface area contributed by atoms with Crippen molar-refractivity contribution in [3.05, 3.63) is 69.8 Å². The first-order chi connectivity index (χ1) is 9.72. The van der Waals surface area contributed by atoms with Crippen LogP contribution in [0.15, 0.2) is 48.5 Å². The lowest BCUT2D eigenvalue weighted by atomic mass is 10.1. The molecule has 1 fully saturated rings. The summed E-state index contributed by atoms with van der Waals surface area (Å²) < 4.78 is 0. The summed E-state index contributed by atoms with van der Waals surface area (Å²) in [6.45, 7) is 0.682. The van der Waals surface area contributed by atoms with Gasteiger partial charge >= 0.3 is 0 Å². The number of rotatable bonds is 5. The van der Waals surface area contributed by atoms with E-state index in [9.17, 15) is 10.1 Å². The van der Waals surface area contributed by atoms with E-state index in [0.29, 0.717) is 6.54 Å². The van der Waals surface area contributed by atoms with Gasteiger partial charge in [-0.25, -0.2) is 0 Å². The molecule has 4 heteroatoms. The summed E-state index contributed by atoms with van der Waals surface area (Å²) >= 11 is 0. The molecule has 0 spiro atoms. The second-order valence-electron chi connectivity index (χ2n) is 5.18. The maximum atomic E-state index is 10.7. The summed E-state index contributed by atoms with van der Waals surface area (Å²) in [5.74, 6) is 0.743.